The molecule has 1 amide bonds. The van der Waals surface area contributed by atoms with Gasteiger partial charge in [-0.2, -0.15) is 0 Å². The summed E-state index contributed by atoms with van der Waals surface area (Å²) in [4.78, 5) is 23.6. The van der Waals surface area contributed by atoms with Crippen molar-refractivity contribution in [3.63, 3.8) is 0 Å². The number of esters is 1. The molecular weight excluding hydrogens is 340 g/mol. The van der Waals surface area contributed by atoms with E-state index in [1.807, 2.05) is 37.3 Å². The zero-order valence-electron chi connectivity index (χ0n) is 14.2. The Bertz CT molecular complexity index is 735. The lowest BCUT2D eigenvalue weighted by molar-refractivity contribution is -0.121. The number of halogens is 1. The van der Waals surface area contributed by atoms with E-state index < -0.39 is 5.97 Å². The SMILES string of the molecule is COC(=O)c1ccc(Cl)c(NCCC(=O)NC(C)c2ccccc2)c1. The van der Waals surface area contributed by atoms with E-state index in [-0.39, 0.29) is 18.4 Å². The van der Waals surface area contributed by atoms with Crippen LogP contribution in [0.25, 0.3) is 0 Å². The molecule has 132 valence electrons. The average Bonchev–Trinajstić information content (AvgIpc) is 2.63. The Labute approximate surface area is 152 Å². The maximum absolute atomic E-state index is 12.1. The van der Waals surface area contributed by atoms with Crippen LogP contribution < -0.4 is 10.6 Å². The van der Waals surface area contributed by atoms with E-state index in [9.17, 15) is 9.59 Å². The highest BCUT2D eigenvalue weighted by Gasteiger charge is 2.11. The number of nitrogens with one attached hydrogen (secondary N) is 2. The first-order valence-corrected chi connectivity index (χ1v) is 8.35. The quantitative estimate of drug-likeness (QED) is 0.737. The first-order valence-electron chi connectivity index (χ1n) is 7.97. The number of methoxy groups -OCH3 is 1. The number of amides is 1. The molecule has 0 saturated carbocycles. The van der Waals surface area contributed by atoms with Crippen LogP contribution in [0.15, 0.2) is 48.5 Å². The lowest BCUT2D eigenvalue weighted by atomic mass is 10.1. The van der Waals surface area contributed by atoms with Crippen molar-refractivity contribution in [3.05, 3.63) is 64.7 Å². The van der Waals surface area contributed by atoms with Crippen LogP contribution in [0.1, 0.15) is 35.3 Å². The number of hydrogen-bond acceptors (Lipinski definition) is 4. The molecule has 2 aromatic carbocycles. The molecule has 6 heteroatoms. The second kappa shape index (κ2) is 9.08. The number of ether oxygens (including phenoxy) is 1. The Morgan fingerprint density at radius 1 is 1.16 bits per heavy atom. The molecular formula is C19H21ClN2O3. The summed E-state index contributed by atoms with van der Waals surface area (Å²) < 4.78 is 4.69. The van der Waals surface area contributed by atoms with Gasteiger partial charge in [0.25, 0.3) is 0 Å². The van der Waals surface area contributed by atoms with Crippen molar-refractivity contribution < 1.29 is 14.3 Å². The normalized spacial score (nSPS) is 11.5. The average molecular weight is 361 g/mol. The van der Waals surface area contributed by atoms with Gasteiger partial charge in [0.2, 0.25) is 5.91 Å². The number of hydrogen-bond donors (Lipinski definition) is 2. The standard InChI is InChI=1S/C19H21ClN2O3/c1-13(14-6-4-3-5-7-14)22-18(23)10-11-21-17-12-15(19(24)25-2)8-9-16(17)20/h3-9,12-13,21H,10-11H2,1-2H3,(H,22,23). The lowest BCUT2D eigenvalue weighted by Crippen LogP contribution is -2.28. The van der Waals surface area contributed by atoms with Gasteiger partial charge in [0.1, 0.15) is 0 Å². The fourth-order valence-electron chi connectivity index (χ4n) is 2.35. The van der Waals surface area contributed by atoms with Gasteiger partial charge in [-0.15, -0.1) is 0 Å². The molecule has 0 spiro atoms. The van der Waals surface area contributed by atoms with E-state index in [0.29, 0.717) is 22.8 Å². The Morgan fingerprint density at radius 3 is 2.56 bits per heavy atom. The second-order valence-corrected chi connectivity index (χ2v) is 5.97. The van der Waals surface area contributed by atoms with Crippen LogP contribution in [0, 0.1) is 0 Å². The molecule has 1 unspecified atom stereocenters. The zero-order chi connectivity index (χ0) is 18.2. The Hall–Kier alpha value is -2.53. The topological polar surface area (TPSA) is 67.4 Å². The maximum Gasteiger partial charge on any atom is 0.337 e. The molecule has 2 N–H and O–H groups in total. The Kier molecular flexibility index (Phi) is 6.83. The molecule has 2 aromatic rings. The van der Waals surface area contributed by atoms with Gasteiger partial charge in [-0.25, -0.2) is 4.79 Å². The highest BCUT2D eigenvalue weighted by Crippen LogP contribution is 2.23. The highest BCUT2D eigenvalue weighted by atomic mass is 35.5. The van der Waals surface area contributed by atoms with Gasteiger partial charge >= 0.3 is 5.97 Å². The first-order chi connectivity index (χ1) is 12.0. The monoisotopic (exact) mass is 360 g/mol. The predicted octanol–water partition coefficient (Wildman–Crippen LogP) is 3.81. The third kappa shape index (κ3) is 5.50. The summed E-state index contributed by atoms with van der Waals surface area (Å²) in [5.41, 5.74) is 2.04. The van der Waals surface area contributed by atoms with Gasteiger partial charge in [-0.1, -0.05) is 41.9 Å². The van der Waals surface area contributed by atoms with Gasteiger partial charge in [0.15, 0.2) is 0 Å². The minimum atomic E-state index is -0.436. The van der Waals surface area contributed by atoms with Gasteiger partial charge in [-0.05, 0) is 30.7 Å². The summed E-state index contributed by atoms with van der Waals surface area (Å²) in [6, 6.07) is 14.5. The number of carbonyl (C=O) groups is 2. The van der Waals surface area contributed by atoms with Gasteiger partial charge < -0.3 is 15.4 Å². The summed E-state index contributed by atoms with van der Waals surface area (Å²) in [7, 11) is 1.32. The van der Waals surface area contributed by atoms with E-state index in [1.54, 1.807) is 18.2 Å². The molecule has 0 aromatic heterocycles. The van der Waals surface area contributed by atoms with E-state index >= 15 is 0 Å². The number of carbonyl (C=O) groups excluding carboxylic acids is 2. The summed E-state index contributed by atoms with van der Waals surface area (Å²) in [6.45, 7) is 2.34. The molecule has 2 rings (SSSR count). The van der Waals surface area contributed by atoms with E-state index in [2.05, 4.69) is 15.4 Å². The van der Waals surface area contributed by atoms with Crippen molar-refractivity contribution in [1.29, 1.82) is 0 Å². The molecule has 0 bridgehead atoms. The fourth-order valence-corrected chi connectivity index (χ4v) is 2.54. The fraction of sp³-hybridized carbons (Fsp3) is 0.263. The summed E-state index contributed by atoms with van der Waals surface area (Å²) in [6.07, 6.45) is 0.288. The van der Waals surface area contributed by atoms with Crippen molar-refractivity contribution in [2.24, 2.45) is 0 Å². The van der Waals surface area contributed by atoms with Crippen LogP contribution in [0.2, 0.25) is 5.02 Å². The predicted molar refractivity (Wildman–Crippen MR) is 98.9 cm³/mol. The van der Waals surface area contributed by atoms with Crippen LogP contribution in [-0.4, -0.2) is 25.5 Å². The first kappa shape index (κ1) is 18.8. The van der Waals surface area contributed by atoms with E-state index in [4.69, 9.17) is 11.6 Å². The van der Waals surface area contributed by atoms with Crippen molar-refractivity contribution in [3.8, 4) is 0 Å². The molecule has 0 aliphatic carbocycles. The van der Waals surface area contributed by atoms with Crippen molar-refractivity contribution >= 4 is 29.2 Å². The molecule has 0 aliphatic heterocycles. The van der Waals surface area contributed by atoms with Gasteiger partial charge in [0.05, 0.1) is 29.4 Å². The number of rotatable bonds is 7. The minimum absolute atomic E-state index is 0.0556. The molecule has 5 nitrogen and oxygen atoms in total. The smallest absolute Gasteiger partial charge is 0.337 e. The second-order valence-electron chi connectivity index (χ2n) is 5.56. The lowest BCUT2D eigenvalue weighted by Gasteiger charge is -2.15. The number of anilines is 1. The van der Waals surface area contributed by atoms with Crippen molar-refractivity contribution in [1.82, 2.24) is 5.32 Å². The van der Waals surface area contributed by atoms with E-state index in [0.717, 1.165) is 5.56 Å². The van der Waals surface area contributed by atoms with Gasteiger partial charge in [0, 0.05) is 13.0 Å². The highest BCUT2D eigenvalue weighted by molar-refractivity contribution is 6.33. The molecule has 0 fully saturated rings. The summed E-state index contributed by atoms with van der Waals surface area (Å²) in [5.74, 6) is -0.502. The van der Waals surface area contributed by atoms with Crippen LogP contribution in [-0.2, 0) is 9.53 Å². The number of benzene rings is 2. The van der Waals surface area contributed by atoms with Crippen molar-refractivity contribution in [2.45, 2.75) is 19.4 Å². The van der Waals surface area contributed by atoms with Crippen LogP contribution >= 0.6 is 11.6 Å². The Balaban J connectivity index is 1.86. The van der Waals surface area contributed by atoms with Gasteiger partial charge in [-0.3, -0.25) is 4.79 Å². The summed E-state index contributed by atoms with van der Waals surface area (Å²) >= 11 is 6.11. The van der Waals surface area contributed by atoms with Crippen LogP contribution in [0.5, 0.6) is 0 Å². The van der Waals surface area contributed by atoms with E-state index in [1.165, 1.54) is 7.11 Å². The van der Waals surface area contributed by atoms with Crippen molar-refractivity contribution in [2.75, 3.05) is 19.0 Å². The molecule has 1 atom stereocenters. The molecule has 0 radical (unpaired) electrons. The Morgan fingerprint density at radius 2 is 1.88 bits per heavy atom. The summed E-state index contributed by atoms with van der Waals surface area (Å²) in [5, 5.41) is 6.50. The maximum atomic E-state index is 12.1. The largest absolute Gasteiger partial charge is 0.465 e. The molecule has 25 heavy (non-hydrogen) atoms. The van der Waals surface area contributed by atoms with Crippen LogP contribution in [0.4, 0.5) is 5.69 Å². The molecule has 0 saturated heterocycles. The zero-order valence-corrected chi connectivity index (χ0v) is 15.0. The third-order valence-corrected chi connectivity index (χ3v) is 4.06. The molecule has 0 aliphatic rings. The minimum Gasteiger partial charge on any atom is -0.465 e. The third-order valence-electron chi connectivity index (χ3n) is 3.73. The molecule has 0 heterocycles. The van der Waals surface area contributed by atoms with Crippen LogP contribution in [0.3, 0.4) is 0 Å².